The Hall–Kier alpha value is -4.12. The smallest absolute Gasteiger partial charge is 0.408 e. The lowest BCUT2D eigenvalue weighted by atomic mass is 10.1. The van der Waals surface area contributed by atoms with E-state index in [1.54, 1.807) is 29.2 Å². The fourth-order valence-corrected chi connectivity index (χ4v) is 4.64. The number of alkyl carbamates (subject to hydrolysis) is 1. The number of hydrogen-bond donors (Lipinski definition) is 2. The summed E-state index contributed by atoms with van der Waals surface area (Å²) in [7, 11) is 3.02. The summed E-state index contributed by atoms with van der Waals surface area (Å²) in [5.74, 6) is -0.680. The maximum absolute atomic E-state index is 13.4. The van der Waals surface area contributed by atoms with E-state index in [9.17, 15) is 19.2 Å². The van der Waals surface area contributed by atoms with Gasteiger partial charge in [-0.15, -0.1) is 0 Å². The fourth-order valence-electron chi connectivity index (χ4n) is 4.64. The first-order chi connectivity index (χ1) is 18.2. The largest absolute Gasteiger partial charge is 0.491 e. The molecule has 0 spiro atoms. The first kappa shape index (κ1) is 26.9. The van der Waals surface area contributed by atoms with E-state index < -0.39 is 18.0 Å². The zero-order valence-electron chi connectivity index (χ0n) is 21.5. The van der Waals surface area contributed by atoms with Crippen LogP contribution in [0.4, 0.5) is 4.79 Å². The summed E-state index contributed by atoms with van der Waals surface area (Å²) >= 11 is 0. The lowest BCUT2D eigenvalue weighted by Crippen LogP contribution is -2.55. The van der Waals surface area contributed by atoms with Gasteiger partial charge in [-0.05, 0) is 30.2 Å². The SMILES string of the molecule is CN1C[C@H](NC(=O)OCc2ccccc2)C(=O)N(C)CC(=O)N2C[C@H](N)C[C@H]2COc2cccc(c2)C1=O. The van der Waals surface area contributed by atoms with Crippen molar-refractivity contribution in [1.29, 1.82) is 0 Å². The predicted molar refractivity (Wildman–Crippen MR) is 138 cm³/mol. The van der Waals surface area contributed by atoms with Crippen molar-refractivity contribution < 1.29 is 28.7 Å². The van der Waals surface area contributed by atoms with Gasteiger partial charge in [0.05, 0.1) is 19.1 Å². The van der Waals surface area contributed by atoms with E-state index in [0.29, 0.717) is 24.3 Å². The van der Waals surface area contributed by atoms with Gasteiger partial charge in [-0.2, -0.15) is 0 Å². The number of hydrogen-bond acceptors (Lipinski definition) is 7. The number of amides is 4. The number of fused-ring (bicyclic) bond motifs is 3. The van der Waals surface area contributed by atoms with Crippen LogP contribution in [0.5, 0.6) is 5.75 Å². The van der Waals surface area contributed by atoms with Crippen LogP contribution in [0.1, 0.15) is 22.3 Å². The molecule has 2 aliphatic rings. The first-order valence-corrected chi connectivity index (χ1v) is 12.5. The molecule has 0 saturated carbocycles. The number of carbonyl (C=O) groups excluding carboxylic acids is 4. The van der Waals surface area contributed by atoms with Gasteiger partial charge in [0.25, 0.3) is 5.91 Å². The molecule has 0 aromatic heterocycles. The van der Waals surface area contributed by atoms with Crippen LogP contribution in [-0.2, 0) is 20.9 Å². The van der Waals surface area contributed by atoms with Gasteiger partial charge in [0.2, 0.25) is 11.8 Å². The van der Waals surface area contributed by atoms with Crippen LogP contribution < -0.4 is 15.8 Å². The van der Waals surface area contributed by atoms with Gasteiger partial charge in [-0.1, -0.05) is 36.4 Å². The van der Waals surface area contributed by atoms with Crippen LogP contribution in [0.15, 0.2) is 54.6 Å². The van der Waals surface area contributed by atoms with E-state index >= 15 is 0 Å². The van der Waals surface area contributed by atoms with Gasteiger partial charge >= 0.3 is 6.09 Å². The van der Waals surface area contributed by atoms with Crippen LogP contribution >= 0.6 is 0 Å². The number of likely N-dealkylation sites (N-methyl/N-ethyl adjacent to an activating group) is 2. The van der Waals surface area contributed by atoms with Crippen molar-refractivity contribution in [3.63, 3.8) is 0 Å². The van der Waals surface area contributed by atoms with E-state index in [4.69, 9.17) is 15.2 Å². The molecule has 0 aliphatic carbocycles. The average molecular weight is 524 g/mol. The van der Waals surface area contributed by atoms with Gasteiger partial charge in [0.15, 0.2) is 0 Å². The lowest BCUT2D eigenvalue weighted by Gasteiger charge is -2.30. The summed E-state index contributed by atoms with van der Waals surface area (Å²) < 4.78 is 11.2. The van der Waals surface area contributed by atoms with E-state index in [1.165, 1.54) is 23.9 Å². The Morgan fingerprint density at radius 1 is 1.05 bits per heavy atom. The highest BCUT2D eigenvalue weighted by molar-refractivity contribution is 5.95. The normalized spacial score (nSPS) is 22.8. The van der Waals surface area contributed by atoms with Crippen LogP contribution in [0.3, 0.4) is 0 Å². The van der Waals surface area contributed by atoms with Crippen molar-refractivity contribution in [2.24, 2.45) is 5.73 Å². The van der Waals surface area contributed by atoms with Crippen molar-refractivity contribution in [1.82, 2.24) is 20.0 Å². The molecule has 1 fully saturated rings. The highest BCUT2D eigenvalue weighted by Crippen LogP contribution is 2.21. The summed E-state index contributed by atoms with van der Waals surface area (Å²) in [4.78, 5) is 56.6. The van der Waals surface area contributed by atoms with E-state index in [-0.39, 0.29) is 50.2 Å². The third-order valence-electron chi connectivity index (χ3n) is 6.65. The summed E-state index contributed by atoms with van der Waals surface area (Å²) in [6.45, 7) is 0.218. The molecule has 38 heavy (non-hydrogen) atoms. The molecule has 2 aromatic carbocycles. The number of nitrogens with zero attached hydrogens (tertiary/aromatic N) is 3. The molecule has 11 heteroatoms. The minimum absolute atomic E-state index is 0.0140. The summed E-state index contributed by atoms with van der Waals surface area (Å²) in [5.41, 5.74) is 7.28. The number of carbonyl (C=O) groups is 4. The first-order valence-electron chi connectivity index (χ1n) is 12.5. The number of nitrogens with two attached hydrogens (primary N) is 1. The molecule has 4 rings (SSSR count). The maximum Gasteiger partial charge on any atom is 0.408 e. The Labute approximate surface area is 221 Å². The summed E-state index contributed by atoms with van der Waals surface area (Å²) in [5, 5.41) is 2.57. The second-order valence-corrected chi connectivity index (χ2v) is 9.67. The van der Waals surface area contributed by atoms with E-state index in [2.05, 4.69) is 5.32 Å². The Kier molecular flexibility index (Phi) is 8.47. The molecule has 202 valence electrons. The molecule has 3 N–H and O–H groups in total. The number of nitrogens with one attached hydrogen (secondary N) is 1. The molecule has 3 atom stereocenters. The number of benzene rings is 2. The van der Waals surface area contributed by atoms with Crippen LogP contribution in [0, 0.1) is 0 Å². The number of rotatable bonds is 3. The van der Waals surface area contributed by atoms with Crippen LogP contribution in [0.2, 0.25) is 0 Å². The Morgan fingerprint density at radius 2 is 1.82 bits per heavy atom. The van der Waals surface area contributed by atoms with Crippen molar-refractivity contribution in [2.75, 3.05) is 40.3 Å². The van der Waals surface area contributed by atoms with Crippen molar-refractivity contribution in [2.45, 2.75) is 31.2 Å². The quantitative estimate of drug-likeness (QED) is 0.609. The van der Waals surface area contributed by atoms with Gasteiger partial charge in [0, 0.05) is 32.2 Å². The minimum Gasteiger partial charge on any atom is -0.491 e. The van der Waals surface area contributed by atoms with Crippen molar-refractivity contribution in [3.05, 3.63) is 65.7 Å². The third-order valence-corrected chi connectivity index (χ3v) is 6.65. The highest BCUT2D eigenvalue weighted by Gasteiger charge is 2.36. The molecular formula is C27H33N5O6. The van der Waals surface area contributed by atoms with Crippen LogP contribution in [0.25, 0.3) is 0 Å². The van der Waals surface area contributed by atoms with Crippen LogP contribution in [-0.4, -0.2) is 97.0 Å². The Balaban J connectivity index is 1.56. The van der Waals surface area contributed by atoms with E-state index in [0.717, 1.165) is 5.56 Å². The molecule has 0 unspecified atom stereocenters. The highest BCUT2D eigenvalue weighted by atomic mass is 16.5. The molecule has 1 saturated heterocycles. The molecule has 2 bridgehead atoms. The predicted octanol–water partition coefficient (Wildman–Crippen LogP) is 0.833. The maximum atomic E-state index is 13.4. The van der Waals surface area contributed by atoms with Gasteiger partial charge in [0.1, 0.15) is 25.0 Å². The fraction of sp³-hybridized carbons (Fsp3) is 0.407. The van der Waals surface area contributed by atoms with Crippen molar-refractivity contribution >= 4 is 23.8 Å². The van der Waals surface area contributed by atoms with Gasteiger partial charge < -0.3 is 35.2 Å². The molecular weight excluding hydrogens is 490 g/mol. The van der Waals surface area contributed by atoms with E-state index in [1.807, 2.05) is 30.3 Å². The van der Waals surface area contributed by atoms with Gasteiger partial charge in [-0.3, -0.25) is 14.4 Å². The minimum atomic E-state index is -1.15. The molecule has 2 heterocycles. The Morgan fingerprint density at radius 3 is 2.58 bits per heavy atom. The molecule has 2 aromatic rings. The summed E-state index contributed by atoms with van der Waals surface area (Å²) in [6.07, 6.45) is -0.256. The number of ether oxygens (including phenoxy) is 2. The summed E-state index contributed by atoms with van der Waals surface area (Å²) in [6, 6.07) is 14.2. The lowest BCUT2D eigenvalue weighted by molar-refractivity contribution is -0.141. The topological polar surface area (TPSA) is 135 Å². The molecule has 2 aliphatic heterocycles. The monoisotopic (exact) mass is 523 g/mol. The zero-order chi connectivity index (χ0) is 27.2. The molecule has 0 radical (unpaired) electrons. The second-order valence-electron chi connectivity index (χ2n) is 9.67. The molecule has 4 amide bonds. The van der Waals surface area contributed by atoms with Crippen molar-refractivity contribution in [3.8, 4) is 5.75 Å². The van der Waals surface area contributed by atoms with Gasteiger partial charge in [-0.25, -0.2) is 4.79 Å². The third kappa shape index (κ3) is 6.60. The standard InChI is InChI=1S/C27H33N5O6/c1-30-14-23(29-27(36)38-16-18-7-4-3-5-8-18)26(35)31(2)15-24(33)32-13-20(28)12-21(32)17-37-22-10-6-9-19(11-22)25(30)34/h3-11,20-21,23H,12-17,28H2,1-2H3,(H,29,36)/t20-,21+,23+/m1/s1. The molecule has 11 nitrogen and oxygen atoms in total. The Bertz CT molecular complexity index is 1180. The second kappa shape index (κ2) is 12.0. The zero-order valence-corrected chi connectivity index (χ0v) is 21.5. The average Bonchev–Trinajstić information content (AvgIpc) is 3.30.